The summed E-state index contributed by atoms with van der Waals surface area (Å²) in [4.78, 5) is 31.2. The van der Waals surface area contributed by atoms with Crippen molar-refractivity contribution in [1.29, 1.82) is 0 Å². The zero-order valence-corrected chi connectivity index (χ0v) is 11.5. The fourth-order valence-electron chi connectivity index (χ4n) is 1.35. The minimum Gasteiger partial charge on any atom is -0.481 e. The number of carboxylic acid groups (broad SMARTS) is 1. The molecule has 21 heavy (non-hydrogen) atoms. The lowest BCUT2D eigenvalue weighted by atomic mass is 10.1. The van der Waals surface area contributed by atoms with E-state index in [1.807, 2.05) is 0 Å². The van der Waals surface area contributed by atoms with Crippen LogP contribution >= 0.6 is 15.9 Å². The number of rotatable bonds is 4. The number of nitrogens with one attached hydrogen (secondary N) is 1. The molecule has 0 spiro atoms. The van der Waals surface area contributed by atoms with E-state index in [-0.39, 0.29) is 10.0 Å². The minimum absolute atomic E-state index is 0.0226. The van der Waals surface area contributed by atoms with Crippen molar-refractivity contribution in [2.75, 3.05) is 5.32 Å². The number of carboxylic acids is 1. The summed E-state index contributed by atoms with van der Waals surface area (Å²) in [5.74, 6) is -3.69. The van der Waals surface area contributed by atoms with Crippen LogP contribution in [0.5, 0.6) is 0 Å². The number of carbonyl (C=O) groups excluding carboxylic acids is 1. The number of halogens is 4. The van der Waals surface area contributed by atoms with E-state index in [2.05, 4.69) is 15.9 Å². The van der Waals surface area contributed by atoms with E-state index in [0.717, 1.165) is 12.1 Å². The summed E-state index contributed by atoms with van der Waals surface area (Å²) >= 11 is 2.88. The van der Waals surface area contributed by atoms with Crippen LogP contribution in [0.2, 0.25) is 0 Å². The average molecular weight is 371 g/mol. The number of amides is 1. The maximum absolute atomic E-state index is 12.2. The van der Waals surface area contributed by atoms with Gasteiger partial charge in [0.2, 0.25) is 0 Å². The number of carbonyl (C=O) groups is 2. The highest BCUT2D eigenvalue weighted by Crippen LogP contribution is 2.33. The predicted molar refractivity (Wildman–Crippen MR) is 66.8 cm³/mol. The molecule has 1 aromatic carbocycles. The Morgan fingerprint density at radius 2 is 1.95 bits per heavy atom. The zero-order valence-electron chi connectivity index (χ0n) is 9.90. The maximum Gasteiger partial charge on any atom is 0.471 e. The van der Waals surface area contributed by atoms with E-state index in [1.165, 1.54) is 5.32 Å². The van der Waals surface area contributed by atoms with Crippen molar-refractivity contribution in [2.24, 2.45) is 0 Å². The predicted octanol–water partition coefficient (Wildman–Crippen LogP) is 2.49. The topological polar surface area (TPSA) is 110 Å². The van der Waals surface area contributed by atoms with Gasteiger partial charge in [0.25, 0.3) is 5.69 Å². The summed E-state index contributed by atoms with van der Waals surface area (Å²) in [5.41, 5.74) is -1.55. The van der Waals surface area contributed by atoms with Gasteiger partial charge in [0.15, 0.2) is 0 Å². The first kappa shape index (κ1) is 16.9. The van der Waals surface area contributed by atoms with Crippen LogP contribution in [0.4, 0.5) is 24.5 Å². The van der Waals surface area contributed by atoms with Crippen LogP contribution in [0.1, 0.15) is 5.56 Å². The fraction of sp³-hybridized carbons (Fsp3) is 0.200. The molecule has 7 nitrogen and oxygen atoms in total. The molecule has 0 aliphatic rings. The Labute approximate surface area is 123 Å². The first-order valence-corrected chi connectivity index (χ1v) is 5.88. The van der Waals surface area contributed by atoms with E-state index in [0.29, 0.717) is 0 Å². The Balaban J connectivity index is 3.29. The summed E-state index contributed by atoms with van der Waals surface area (Å²) < 4.78 is 36.5. The van der Waals surface area contributed by atoms with Gasteiger partial charge in [-0.2, -0.15) is 13.2 Å². The molecule has 0 heterocycles. The molecule has 114 valence electrons. The average Bonchev–Trinajstić information content (AvgIpc) is 2.30. The molecule has 0 unspecified atom stereocenters. The van der Waals surface area contributed by atoms with Crippen LogP contribution < -0.4 is 5.32 Å². The van der Waals surface area contributed by atoms with E-state index < -0.39 is 40.8 Å². The number of nitro benzene ring substituents is 1. The molecule has 0 saturated heterocycles. The van der Waals surface area contributed by atoms with Gasteiger partial charge in [-0.15, -0.1) is 0 Å². The number of hydrogen-bond donors (Lipinski definition) is 2. The van der Waals surface area contributed by atoms with Gasteiger partial charge in [0, 0.05) is 10.5 Å². The van der Waals surface area contributed by atoms with Crippen molar-refractivity contribution in [3.63, 3.8) is 0 Å². The molecule has 0 aliphatic heterocycles. The van der Waals surface area contributed by atoms with Crippen molar-refractivity contribution in [3.8, 4) is 0 Å². The molecular formula is C10H6BrF3N2O5. The second-order valence-corrected chi connectivity index (χ2v) is 4.59. The van der Waals surface area contributed by atoms with Crippen LogP contribution in [0, 0.1) is 10.1 Å². The highest BCUT2D eigenvalue weighted by molar-refractivity contribution is 9.10. The first-order chi connectivity index (χ1) is 9.52. The molecule has 0 aliphatic carbocycles. The molecule has 11 heteroatoms. The normalized spacial score (nSPS) is 11.0. The van der Waals surface area contributed by atoms with Gasteiger partial charge in [-0.25, -0.2) is 0 Å². The van der Waals surface area contributed by atoms with E-state index in [4.69, 9.17) is 5.11 Å². The first-order valence-electron chi connectivity index (χ1n) is 5.09. The van der Waals surface area contributed by atoms with Crippen LogP contribution in [-0.2, 0) is 16.0 Å². The van der Waals surface area contributed by atoms with Crippen molar-refractivity contribution in [2.45, 2.75) is 12.6 Å². The van der Waals surface area contributed by atoms with Crippen molar-refractivity contribution >= 4 is 39.2 Å². The Hall–Kier alpha value is -2.17. The van der Waals surface area contributed by atoms with Crippen LogP contribution in [0.3, 0.4) is 0 Å². The van der Waals surface area contributed by atoms with E-state index in [9.17, 15) is 32.9 Å². The van der Waals surface area contributed by atoms with Gasteiger partial charge in [0.05, 0.1) is 11.3 Å². The largest absolute Gasteiger partial charge is 0.481 e. The molecule has 0 radical (unpaired) electrons. The van der Waals surface area contributed by atoms with Gasteiger partial charge in [-0.1, -0.05) is 15.9 Å². The third-order valence-corrected chi connectivity index (χ3v) is 2.95. The van der Waals surface area contributed by atoms with Gasteiger partial charge in [-0.05, 0) is 11.6 Å². The lowest BCUT2D eigenvalue weighted by Crippen LogP contribution is -2.30. The van der Waals surface area contributed by atoms with Gasteiger partial charge in [-0.3, -0.25) is 19.7 Å². The van der Waals surface area contributed by atoms with Gasteiger partial charge >= 0.3 is 18.1 Å². The number of nitrogens with zero attached hydrogens (tertiary/aromatic N) is 1. The molecule has 0 atom stereocenters. The molecule has 0 saturated carbocycles. The molecule has 0 aromatic heterocycles. The number of aliphatic carboxylic acids is 1. The van der Waals surface area contributed by atoms with Crippen LogP contribution in [0.25, 0.3) is 0 Å². The standard InChI is InChI=1S/C10H6BrF3N2O5/c11-5-3-7(16(20)21)6(1-4(5)2-8(17)18)15-9(19)10(12,13)14/h1,3H,2H2,(H,15,19)(H,17,18). The maximum atomic E-state index is 12.2. The van der Waals surface area contributed by atoms with E-state index >= 15 is 0 Å². The summed E-state index contributed by atoms with van der Waals surface area (Å²) in [5, 5.41) is 20.8. The number of anilines is 1. The van der Waals surface area contributed by atoms with Gasteiger partial charge in [0.1, 0.15) is 5.69 Å². The highest BCUT2D eigenvalue weighted by Gasteiger charge is 2.39. The quantitative estimate of drug-likeness (QED) is 0.624. The lowest BCUT2D eigenvalue weighted by Gasteiger charge is -2.10. The summed E-state index contributed by atoms with van der Waals surface area (Å²) in [6.45, 7) is 0. The highest BCUT2D eigenvalue weighted by atomic mass is 79.9. The van der Waals surface area contributed by atoms with Crippen molar-refractivity contribution in [1.82, 2.24) is 0 Å². The SMILES string of the molecule is O=C(O)Cc1cc(NC(=O)C(F)(F)F)c([N+](=O)[O-])cc1Br. The Kier molecular flexibility index (Phi) is 4.88. The fourth-order valence-corrected chi connectivity index (χ4v) is 1.82. The summed E-state index contributed by atoms with van der Waals surface area (Å²) in [6, 6.07) is 1.63. The van der Waals surface area contributed by atoms with Crippen LogP contribution in [0.15, 0.2) is 16.6 Å². The second-order valence-electron chi connectivity index (χ2n) is 3.74. The molecule has 1 amide bonds. The number of benzene rings is 1. The number of hydrogen-bond acceptors (Lipinski definition) is 4. The summed E-state index contributed by atoms with van der Waals surface area (Å²) in [7, 11) is 0. The Bertz CT molecular complexity index is 617. The van der Waals surface area contributed by atoms with Crippen molar-refractivity contribution in [3.05, 3.63) is 32.3 Å². The smallest absolute Gasteiger partial charge is 0.471 e. The zero-order chi connectivity index (χ0) is 16.4. The van der Waals surface area contributed by atoms with Crippen molar-refractivity contribution < 1.29 is 32.8 Å². The van der Waals surface area contributed by atoms with Gasteiger partial charge < -0.3 is 10.4 Å². The number of alkyl halides is 3. The Morgan fingerprint density at radius 3 is 2.38 bits per heavy atom. The molecule has 1 aromatic rings. The Morgan fingerprint density at radius 1 is 1.38 bits per heavy atom. The molecule has 1 rings (SSSR count). The summed E-state index contributed by atoms with van der Waals surface area (Å²) in [6.07, 6.45) is -5.82. The third-order valence-electron chi connectivity index (χ3n) is 2.21. The monoisotopic (exact) mass is 370 g/mol. The van der Waals surface area contributed by atoms with Crippen LogP contribution in [-0.4, -0.2) is 28.1 Å². The lowest BCUT2D eigenvalue weighted by molar-refractivity contribution is -0.384. The molecule has 2 N–H and O–H groups in total. The number of nitro groups is 1. The second kappa shape index (κ2) is 6.08. The minimum atomic E-state index is -5.23. The van der Waals surface area contributed by atoms with E-state index in [1.54, 1.807) is 0 Å². The third kappa shape index (κ3) is 4.41. The molecule has 0 bridgehead atoms. The molecular weight excluding hydrogens is 365 g/mol. The molecule has 0 fully saturated rings.